The summed E-state index contributed by atoms with van der Waals surface area (Å²) in [5, 5.41) is 20.7. The third-order valence-electron chi connectivity index (χ3n) is 4.53. The van der Waals surface area contributed by atoms with Crippen molar-refractivity contribution in [2.75, 3.05) is 4.72 Å². The van der Waals surface area contributed by atoms with Crippen LogP contribution < -0.4 is 4.72 Å². The van der Waals surface area contributed by atoms with Gasteiger partial charge in [0.15, 0.2) is 23.1 Å². The molecule has 0 heterocycles. The number of hydrogen-bond acceptors (Lipinski definition) is 6. The Morgan fingerprint density at radius 1 is 0.793 bits per heavy atom. The van der Waals surface area contributed by atoms with Crippen molar-refractivity contribution in [1.82, 2.24) is 0 Å². The largest absolute Gasteiger partial charge is 0.504 e. The first-order valence-corrected chi connectivity index (χ1v) is 10.8. The molecule has 0 unspecified atom stereocenters. The van der Waals surface area contributed by atoms with Gasteiger partial charge in [0.2, 0.25) is 0 Å². The number of hydrogen-bond donors (Lipinski definition) is 3. The standard InChI is InChI=1S/C20H12INO6S/c21-13-7-3-4-8-15(13)29(27,28)22-14-9-12-16(20(26)19(14)25)18(24)11-6-2-1-5-10(11)17(12)23/h1-9,22,25-26H. The van der Waals surface area contributed by atoms with Gasteiger partial charge in [-0.05, 0) is 40.8 Å². The molecule has 3 aromatic carbocycles. The molecule has 4 rings (SSSR count). The van der Waals surface area contributed by atoms with E-state index < -0.39 is 38.8 Å². The summed E-state index contributed by atoms with van der Waals surface area (Å²) in [4.78, 5) is 25.5. The Kier molecular flexibility index (Phi) is 4.58. The summed E-state index contributed by atoms with van der Waals surface area (Å²) >= 11 is 1.85. The molecule has 0 fully saturated rings. The van der Waals surface area contributed by atoms with Crippen LogP contribution in [0.25, 0.3) is 0 Å². The van der Waals surface area contributed by atoms with Crippen molar-refractivity contribution in [1.29, 1.82) is 0 Å². The Bertz CT molecular complexity index is 1320. The van der Waals surface area contributed by atoms with Crippen molar-refractivity contribution in [3.63, 3.8) is 0 Å². The summed E-state index contributed by atoms with van der Waals surface area (Å²) in [5.74, 6) is -2.87. The number of fused-ring (bicyclic) bond motifs is 2. The minimum atomic E-state index is -4.13. The van der Waals surface area contributed by atoms with Gasteiger partial charge in [0.1, 0.15) is 4.90 Å². The van der Waals surface area contributed by atoms with Gasteiger partial charge in [-0.3, -0.25) is 14.3 Å². The van der Waals surface area contributed by atoms with Crippen molar-refractivity contribution in [3.8, 4) is 11.5 Å². The van der Waals surface area contributed by atoms with Crippen LogP contribution in [0.15, 0.2) is 59.5 Å². The number of anilines is 1. The van der Waals surface area contributed by atoms with Crippen LogP contribution >= 0.6 is 22.6 Å². The highest BCUT2D eigenvalue weighted by Crippen LogP contribution is 2.43. The van der Waals surface area contributed by atoms with Crippen molar-refractivity contribution in [2.24, 2.45) is 0 Å². The van der Waals surface area contributed by atoms with Crippen LogP contribution in [-0.2, 0) is 10.0 Å². The first-order chi connectivity index (χ1) is 13.7. The maximum atomic E-state index is 12.8. The van der Waals surface area contributed by atoms with E-state index in [-0.39, 0.29) is 27.1 Å². The van der Waals surface area contributed by atoms with Crippen LogP contribution in [-0.4, -0.2) is 30.2 Å². The number of rotatable bonds is 3. The SMILES string of the molecule is O=C1c2ccccc2C(=O)c2c1cc(NS(=O)(=O)c1ccccc1I)c(O)c2O. The molecule has 29 heavy (non-hydrogen) atoms. The number of phenols is 2. The summed E-state index contributed by atoms with van der Waals surface area (Å²) in [7, 11) is -4.13. The normalized spacial score (nSPS) is 13.0. The minimum absolute atomic E-state index is 0.0371. The summed E-state index contributed by atoms with van der Waals surface area (Å²) < 4.78 is 28.1. The molecule has 3 aromatic rings. The van der Waals surface area contributed by atoms with Crippen molar-refractivity contribution in [3.05, 3.63) is 80.4 Å². The second-order valence-electron chi connectivity index (χ2n) is 6.28. The Labute approximate surface area is 179 Å². The number of benzene rings is 3. The average molecular weight is 521 g/mol. The molecule has 3 N–H and O–H groups in total. The van der Waals surface area contributed by atoms with Crippen LogP contribution in [0.2, 0.25) is 0 Å². The third-order valence-corrected chi connectivity index (χ3v) is 7.26. The van der Waals surface area contributed by atoms with E-state index in [1.807, 2.05) is 22.6 Å². The van der Waals surface area contributed by atoms with E-state index in [1.54, 1.807) is 30.3 Å². The molecular formula is C20H12INO6S. The zero-order chi connectivity index (χ0) is 20.9. The van der Waals surface area contributed by atoms with Gasteiger partial charge in [-0.25, -0.2) is 8.42 Å². The summed E-state index contributed by atoms with van der Waals surface area (Å²) in [6.45, 7) is 0. The summed E-state index contributed by atoms with van der Waals surface area (Å²) in [6.07, 6.45) is 0. The first-order valence-electron chi connectivity index (χ1n) is 8.27. The van der Waals surface area contributed by atoms with Crippen LogP contribution in [0.1, 0.15) is 31.8 Å². The number of aromatic hydroxyl groups is 2. The molecule has 0 atom stereocenters. The number of sulfonamides is 1. The average Bonchev–Trinajstić information content (AvgIpc) is 2.69. The maximum Gasteiger partial charge on any atom is 0.263 e. The number of carbonyl (C=O) groups excluding carboxylic acids is 2. The van der Waals surface area contributed by atoms with Gasteiger partial charge in [0, 0.05) is 20.3 Å². The van der Waals surface area contributed by atoms with E-state index >= 15 is 0 Å². The van der Waals surface area contributed by atoms with E-state index in [1.165, 1.54) is 18.2 Å². The van der Waals surface area contributed by atoms with E-state index in [4.69, 9.17) is 0 Å². The van der Waals surface area contributed by atoms with E-state index in [0.29, 0.717) is 3.57 Å². The lowest BCUT2D eigenvalue weighted by Gasteiger charge is -2.21. The molecule has 0 spiro atoms. The quantitative estimate of drug-likeness (QED) is 0.281. The molecule has 0 radical (unpaired) electrons. The van der Waals surface area contributed by atoms with E-state index in [2.05, 4.69) is 4.72 Å². The molecule has 0 aliphatic heterocycles. The number of halogens is 1. The van der Waals surface area contributed by atoms with Crippen LogP contribution in [0.3, 0.4) is 0 Å². The van der Waals surface area contributed by atoms with Crippen LogP contribution in [0.5, 0.6) is 11.5 Å². The van der Waals surface area contributed by atoms with Gasteiger partial charge in [0.25, 0.3) is 10.0 Å². The summed E-state index contributed by atoms with van der Waals surface area (Å²) in [6, 6.07) is 13.3. The second kappa shape index (κ2) is 6.85. The number of ketones is 2. The van der Waals surface area contributed by atoms with Gasteiger partial charge in [-0.2, -0.15) is 0 Å². The smallest absolute Gasteiger partial charge is 0.263 e. The third kappa shape index (κ3) is 3.06. The van der Waals surface area contributed by atoms with Gasteiger partial charge in [-0.1, -0.05) is 36.4 Å². The highest BCUT2D eigenvalue weighted by Gasteiger charge is 2.35. The zero-order valence-electron chi connectivity index (χ0n) is 14.5. The molecule has 146 valence electrons. The lowest BCUT2D eigenvalue weighted by molar-refractivity contribution is 0.0976. The lowest BCUT2D eigenvalue weighted by Crippen LogP contribution is -2.22. The number of carbonyl (C=O) groups is 2. The predicted octanol–water partition coefficient (Wildman–Crippen LogP) is 3.28. The fourth-order valence-electron chi connectivity index (χ4n) is 3.17. The highest BCUT2D eigenvalue weighted by molar-refractivity contribution is 14.1. The summed E-state index contributed by atoms with van der Waals surface area (Å²) in [5.41, 5.74) is -0.706. The molecule has 7 nitrogen and oxygen atoms in total. The molecule has 1 aliphatic carbocycles. The lowest BCUT2D eigenvalue weighted by atomic mass is 9.83. The van der Waals surface area contributed by atoms with Gasteiger partial charge < -0.3 is 10.2 Å². The minimum Gasteiger partial charge on any atom is -0.504 e. The topological polar surface area (TPSA) is 121 Å². The molecule has 9 heteroatoms. The molecule has 0 saturated carbocycles. The van der Waals surface area contributed by atoms with Gasteiger partial charge in [0.05, 0.1) is 11.3 Å². The molecule has 0 amide bonds. The number of nitrogens with one attached hydrogen (secondary N) is 1. The highest BCUT2D eigenvalue weighted by atomic mass is 127. The van der Waals surface area contributed by atoms with Crippen molar-refractivity contribution < 1.29 is 28.2 Å². The molecule has 1 aliphatic rings. The van der Waals surface area contributed by atoms with E-state index in [0.717, 1.165) is 6.07 Å². The number of phenolic OH excluding ortho intramolecular Hbond substituents is 2. The second-order valence-corrected chi connectivity index (χ2v) is 9.10. The van der Waals surface area contributed by atoms with Gasteiger partial charge >= 0.3 is 0 Å². The fourth-order valence-corrected chi connectivity index (χ4v) is 5.56. The maximum absolute atomic E-state index is 12.8. The molecular weight excluding hydrogens is 509 g/mol. The Morgan fingerprint density at radius 3 is 2.03 bits per heavy atom. The monoisotopic (exact) mass is 521 g/mol. The van der Waals surface area contributed by atoms with Gasteiger partial charge in [-0.15, -0.1) is 0 Å². The zero-order valence-corrected chi connectivity index (χ0v) is 17.5. The van der Waals surface area contributed by atoms with Crippen molar-refractivity contribution >= 4 is 49.9 Å². The Balaban J connectivity index is 1.87. The predicted molar refractivity (Wildman–Crippen MR) is 113 cm³/mol. The van der Waals surface area contributed by atoms with Crippen molar-refractivity contribution in [2.45, 2.75) is 4.90 Å². The Hall–Kier alpha value is -2.92. The molecule has 0 bridgehead atoms. The fraction of sp³-hybridized carbons (Fsp3) is 0. The molecule has 0 saturated heterocycles. The van der Waals surface area contributed by atoms with E-state index in [9.17, 15) is 28.2 Å². The molecule has 0 aromatic heterocycles. The van der Waals surface area contributed by atoms with Crippen LogP contribution in [0, 0.1) is 3.57 Å². The Morgan fingerprint density at radius 2 is 1.38 bits per heavy atom. The first kappa shape index (κ1) is 19.4. The van der Waals surface area contributed by atoms with Crippen LogP contribution in [0.4, 0.5) is 5.69 Å².